The maximum Gasteiger partial charge on any atom is 0.266 e. The molecule has 2 rings (SSSR count). The number of hydrogen-bond donors (Lipinski definition) is 1. The number of benzene rings is 1. The number of aromatic nitrogens is 2. The maximum absolute atomic E-state index is 13.4. The van der Waals surface area contributed by atoms with Gasteiger partial charge >= 0.3 is 0 Å². The summed E-state index contributed by atoms with van der Waals surface area (Å²) in [5.74, 6) is -1.83. The second-order valence-electron chi connectivity index (χ2n) is 3.55. The SMILES string of the molecule is Cn1ccc(NS(=O)(=O)c2cc(F)ccc2F)n1. The normalized spacial score (nSPS) is 11.5. The molecule has 1 N–H and O–H groups in total. The van der Waals surface area contributed by atoms with E-state index >= 15 is 0 Å². The molecule has 5 nitrogen and oxygen atoms in total. The Bertz CT molecular complexity index is 682. The highest BCUT2D eigenvalue weighted by molar-refractivity contribution is 7.92. The Balaban J connectivity index is 2.39. The Hall–Kier alpha value is -1.96. The third-order valence-electron chi connectivity index (χ3n) is 2.14. The second-order valence-corrected chi connectivity index (χ2v) is 5.21. The van der Waals surface area contributed by atoms with Gasteiger partial charge in [-0.25, -0.2) is 17.2 Å². The van der Waals surface area contributed by atoms with E-state index in [4.69, 9.17) is 0 Å². The molecule has 0 amide bonds. The lowest BCUT2D eigenvalue weighted by molar-refractivity contribution is 0.555. The van der Waals surface area contributed by atoms with Gasteiger partial charge in [-0.05, 0) is 18.2 Å². The lowest BCUT2D eigenvalue weighted by Crippen LogP contribution is -2.15. The number of rotatable bonds is 3. The molecule has 0 aliphatic carbocycles. The van der Waals surface area contributed by atoms with Crippen LogP contribution in [-0.4, -0.2) is 18.2 Å². The van der Waals surface area contributed by atoms with E-state index < -0.39 is 26.6 Å². The molecule has 8 heteroatoms. The number of halogens is 2. The van der Waals surface area contributed by atoms with Crippen molar-refractivity contribution in [2.45, 2.75) is 4.90 Å². The molecular formula is C10H9F2N3O2S. The van der Waals surface area contributed by atoms with Crippen molar-refractivity contribution in [3.8, 4) is 0 Å². The Morgan fingerprint density at radius 3 is 2.61 bits per heavy atom. The van der Waals surface area contributed by atoms with Gasteiger partial charge in [-0.2, -0.15) is 5.10 Å². The lowest BCUT2D eigenvalue weighted by atomic mass is 10.3. The molecule has 1 aromatic carbocycles. The minimum Gasteiger partial charge on any atom is -0.274 e. The van der Waals surface area contributed by atoms with E-state index in [-0.39, 0.29) is 5.82 Å². The van der Waals surface area contributed by atoms with Gasteiger partial charge in [-0.3, -0.25) is 9.40 Å². The van der Waals surface area contributed by atoms with E-state index in [1.165, 1.54) is 16.9 Å². The Kier molecular flexibility index (Phi) is 3.04. The topological polar surface area (TPSA) is 64.0 Å². The first-order chi connectivity index (χ1) is 8.38. The molecule has 0 unspecified atom stereocenters. The summed E-state index contributed by atoms with van der Waals surface area (Å²) in [6, 6.07) is 3.60. The summed E-state index contributed by atoms with van der Waals surface area (Å²) in [6.07, 6.45) is 1.51. The van der Waals surface area contributed by atoms with Crippen molar-refractivity contribution >= 4 is 15.8 Å². The highest BCUT2D eigenvalue weighted by Crippen LogP contribution is 2.18. The minimum atomic E-state index is -4.19. The molecule has 1 aromatic heterocycles. The first-order valence-corrected chi connectivity index (χ1v) is 6.34. The van der Waals surface area contributed by atoms with Gasteiger partial charge in [-0.15, -0.1) is 0 Å². The molecule has 18 heavy (non-hydrogen) atoms. The van der Waals surface area contributed by atoms with E-state index in [9.17, 15) is 17.2 Å². The van der Waals surface area contributed by atoms with Gasteiger partial charge in [0.15, 0.2) is 5.82 Å². The van der Waals surface area contributed by atoms with Crippen LogP contribution in [0, 0.1) is 11.6 Å². The Morgan fingerprint density at radius 2 is 2.00 bits per heavy atom. The molecule has 0 fully saturated rings. The van der Waals surface area contributed by atoms with Gasteiger partial charge in [-0.1, -0.05) is 0 Å². The third-order valence-corrected chi connectivity index (χ3v) is 3.51. The predicted octanol–water partition coefficient (Wildman–Crippen LogP) is 1.50. The van der Waals surface area contributed by atoms with Crippen LogP contribution in [0.3, 0.4) is 0 Å². The highest BCUT2D eigenvalue weighted by atomic mass is 32.2. The van der Waals surface area contributed by atoms with E-state index in [1.807, 2.05) is 0 Å². The van der Waals surface area contributed by atoms with Crippen LogP contribution >= 0.6 is 0 Å². The summed E-state index contributed by atoms with van der Waals surface area (Å²) in [5.41, 5.74) is 0. The fraction of sp³-hybridized carbons (Fsp3) is 0.100. The van der Waals surface area contributed by atoms with Gasteiger partial charge < -0.3 is 0 Å². The smallest absolute Gasteiger partial charge is 0.266 e. The van der Waals surface area contributed by atoms with Crippen LogP contribution in [-0.2, 0) is 17.1 Å². The van der Waals surface area contributed by atoms with Crippen LogP contribution in [0.1, 0.15) is 0 Å². The molecule has 0 atom stereocenters. The summed E-state index contributed by atoms with van der Waals surface area (Å²) in [6.45, 7) is 0. The van der Waals surface area contributed by atoms with Crippen molar-refractivity contribution < 1.29 is 17.2 Å². The van der Waals surface area contributed by atoms with Crippen LogP contribution in [0.2, 0.25) is 0 Å². The van der Waals surface area contributed by atoms with E-state index in [0.29, 0.717) is 6.07 Å². The second kappa shape index (κ2) is 4.37. The third kappa shape index (κ3) is 2.48. The summed E-state index contributed by atoms with van der Waals surface area (Å²) >= 11 is 0. The number of aryl methyl sites for hydroxylation is 1. The fourth-order valence-corrected chi connectivity index (χ4v) is 2.43. The van der Waals surface area contributed by atoms with Crippen molar-refractivity contribution in [3.63, 3.8) is 0 Å². The van der Waals surface area contributed by atoms with Crippen molar-refractivity contribution in [2.24, 2.45) is 7.05 Å². The molecule has 0 aliphatic heterocycles. The van der Waals surface area contributed by atoms with Crippen LogP contribution in [0.25, 0.3) is 0 Å². The van der Waals surface area contributed by atoms with Gasteiger partial charge in [0.05, 0.1) is 0 Å². The summed E-state index contributed by atoms with van der Waals surface area (Å²) < 4.78 is 53.4. The molecule has 96 valence electrons. The summed E-state index contributed by atoms with van der Waals surface area (Å²) in [5, 5.41) is 3.78. The van der Waals surface area contributed by atoms with E-state index in [0.717, 1.165) is 12.1 Å². The standard InChI is InChI=1S/C10H9F2N3O2S/c1-15-5-4-10(13-15)14-18(16,17)9-6-7(11)2-3-8(9)12/h2-6H,1H3,(H,13,14). The molecule has 0 saturated carbocycles. The van der Waals surface area contributed by atoms with Crippen molar-refractivity contribution in [1.29, 1.82) is 0 Å². The molecular weight excluding hydrogens is 264 g/mol. The van der Waals surface area contributed by atoms with Crippen LogP contribution < -0.4 is 4.72 Å². The van der Waals surface area contributed by atoms with Gasteiger partial charge in [0.1, 0.15) is 16.5 Å². The fourth-order valence-electron chi connectivity index (χ4n) is 1.35. The molecule has 2 aromatic rings. The number of anilines is 1. The largest absolute Gasteiger partial charge is 0.274 e. The number of hydrogen-bond acceptors (Lipinski definition) is 3. The minimum absolute atomic E-state index is 0.0289. The van der Waals surface area contributed by atoms with Crippen molar-refractivity contribution in [2.75, 3.05) is 4.72 Å². The Labute approximate surface area is 102 Å². The zero-order chi connectivity index (χ0) is 13.3. The van der Waals surface area contributed by atoms with E-state index in [1.54, 1.807) is 7.05 Å². The maximum atomic E-state index is 13.4. The molecule has 0 aliphatic rings. The molecule has 0 saturated heterocycles. The number of nitrogens with one attached hydrogen (secondary N) is 1. The average Bonchev–Trinajstić information content (AvgIpc) is 2.66. The molecule has 0 spiro atoms. The monoisotopic (exact) mass is 273 g/mol. The molecule has 1 heterocycles. The van der Waals surface area contributed by atoms with Crippen LogP contribution in [0.4, 0.5) is 14.6 Å². The summed E-state index contributed by atoms with van der Waals surface area (Å²) in [7, 11) is -2.60. The van der Waals surface area contributed by atoms with Gasteiger partial charge in [0.25, 0.3) is 10.0 Å². The Morgan fingerprint density at radius 1 is 1.28 bits per heavy atom. The lowest BCUT2D eigenvalue weighted by Gasteiger charge is -2.06. The van der Waals surface area contributed by atoms with Crippen molar-refractivity contribution in [1.82, 2.24) is 9.78 Å². The quantitative estimate of drug-likeness (QED) is 0.921. The van der Waals surface area contributed by atoms with Gasteiger partial charge in [0.2, 0.25) is 0 Å². The first kappa shape index (κ1) is 12.5. The van der Waals surface area contributed by atoms with Crippen LogP contribution in [0.5, 0.6) is 0 Å². The zero-order valence-corrected chi connectivity index (χ0v) is 10.1. The number of sulfonamides is 1. The molecule has 0 bridgehead atoms. The average molecular weight is 273 g/mol. The van der Waals surface area contributed by atoms with E-state index in [2.05, 4.69) is 9.82 Å². The number of nitrogens with zero attached hydrogens (tertiary/aromatic N) is 2. The molecule has 0 radical (unpaired) electrons. The first-order valence-electron chi connectivity index (χ1n) is 4.86. The van der Waals surface area contributed by atoms with Crippen molar-refractivity contribution in [3.05, 3.63) is 42.1 Å². The summed E-state index contributed by atoms with van der Waals surface area (Å²) in [4.78, 5) is -0.756. The zero-order valence-electron chi connectivity index (χ0n) is 9.26. The predicted molar refractivity (Wildman–Crippen MR) is 60.4 cm³/mol. The van der Waals surface area contributed by atoms with Gasteiger partial charge in [0, 0.05) is 19.3 Å². The highest BCUT2D eigenvalue weighted by Gasteiger charge is 2.20. The van der Waals surface area contributed by atoms with Crippen LogP contribution in [0.15, 0.2) is 35.4 Å².